The van der Waals surface area contributed by atoms with E-state index in [1.807, 2.05) is 0 Å². The highest BCUT2D eigenvalue weighted by Gasteiger charge is 2.01. The van der Waals surface area contributed by atoms with Crippen molar-refractivity contribution in [3.8, 4) is 0 Å². The van der Waals surface area contributed by atoms with Gasteiger partial charge in [-0.25, -0.2) is 9.13 Å². The average Bonchev–Trinajstić information content (AvgIpc) is 2.37. The maximum Gasteiger partial charge on any atom is 0.168 e. The third-order valence-electron chi connectivity index (χ3n) is 2.64. The predicted molar refractivity (Wildman–Crippen MR) is 62.5 cm³/mol. The van der Waals surface area contributed by atoms with Crippen LogP contribution in [0.1, 0.15) is 12.8 Å². The molecular weight excluding hydrogens is 232 g/mol. The van der Waals surface area contributed by atoms with Gasteiger partial charge in [0, 0.05) is 37.1 Å². The van der Waals surface area contributed by atoms with Gasteiger partial charge >= 0.3 is 0 Å². The Labute approximate surface area is 109 Å². The summed E-state index contributed by atoms with van der Waals surface area (Å²) in [5, 5.41) is 0. The lowest BCUT2D eigenvalue weighted by Gasteiger charge is -1.96. The van der Waals surface area contributed by atoms with Crippen LogP contribution in [-0.2, 0) is 13.1 Å². The van der Waals surface area contributed by atoms with Crippen molar-refractivity contribution in [2.45, 2.75) is 25.9 Å². The third kappa shape index (κ3) is 4.96. The molecule has 2 heterocycles. The standard InChI is InChI=1S/C14H18N2.ClH/c1-3-9-15(10-4-1)13-7-8-14-16-11-5-2-6-12-16;/h1-6,9-12H,7-8,13-14H2;1H/q+2;/p-1. The van der Waals surface area contributed by atoms with Crippen molar-refractivity contribution < 1.29 is 21.5 Å². The Morgan fingerprint density at radius 2 is 0.882 bits per heavy atom. The number of halogens is 1. The molecule has 0 spiro atoms. The van der Waals surface area contributed by atoms with E-state index in [2.05, 4.69) is 70.3 Å². The summed E-state index contributed by atoms with van der Waals surface area (Å²) in [6.45, 7) is 2.21. The van der Waals surface area contributed by atoms with Gasteiger partial charge in [-0.3, -0.25) is 0 Å². The minimum atomic E-state index is 0. The zero-order valence-electron chi connectivity index (χ0n) is 9.87. The van der Waals surface area contributed by atoms with Crippen molar-refractivity contribution >= 4 is 0 Å². The third-order valence-corrected chi connectivity index (χ3v) is 2.64. The van der Waals surface area contributed by atoms with E-state index < -0.39 is 0 Å². The van der Waals surface area contributed by atoms with Gasteiger partial charge in [0.05, 0.1) is 0 Å². The van der Waals surface area contributed by atoms with E-state index in [9.17, 15) is 0 Å². The molecule has 0 amide bonds. The van der Waals surface area contributed by atoms with Crippen molar-refractivity contribution in [1.29, 1.82) is 0 Å². The maximum absolute atomic E-state index is 2.23. The van der Waals surface area contributed by atoms with Crippen molar-refractivity contribution in [2.24, 2.45) is 0 Å². The van der Waals surface area contributed by atoms with Crippen LogP contribution < -0.4 is 21.5 Å². The van der Waals surface area contributed by atoms with Gasteiger partial charge in [-0.15, -0.1) is 0 Å². The van der Waals surface area contributed by atoms with Crippen LogP contribution >= 0.6 is 0 Å². The molecule has 0 atom stereocenters. The fourth-order valence-electron chi connectivity index (χ4n) is 1.76. The molecule has 0 saturated carbocycles. The van der Waals surface area contributed by atoms with Crippen LogP contribution in [-0.4, -0.2) is 0 Å². The first kappa shape index (κ1) is 13.7. The zero-order chi connectivity index (χ0) is 11.1. The van der Waals surface area contributed by atoms with Gasteiger partial charge in [0.25, 0.3) is 0 Å². The highest BCUT2D eigenvalue weighted by atomic mass is 35.5. The summed E-state index contributed by atoms with van der Waals surface area (Å²) in [5.41, 5.74) is 0. The minimum absolute atomic E-state index is 0. The molecule has 0 unspecified atom stereocenters. The number of unbranched alkanes of at least 4 members (excludes halogenated alkanes) is 1. The quantitative estimate of drug-likeness (QED) is 0.462. The van der Waals surface area contributed by atoms with E-state index >= 15 is 0 Å². The molecule has 0 aliphatic heterocycles. The first-order valence-electron chi connectivity index (χ1n) is 5.83. The highest BCUT2D eigenvalue weighted by Crippen LogP contribution is 1.89. The molecule has 90 valence electrons. The van der Waals surface area contributed by atoms with Gasteiger partial charge in [0.2, 0.25) is 0 Å². The van der Waals surface area contributed by atoms with Gasteiger partial charge in [-0.1, -0.05) is 12.1 Å². The van der Waals surface area contributed by atoms with Gasteiger partial charge in [-0.05, 0) is 0 Å². The largest absolute Gasteiger partial charge is 1.00 e. The second kappa shape index (κ2) is 7.80. The van der Waals surface area contributed by atoms with Crippen LogP contribution in [0.2, 0.25) is 0 Å². The van der Waals surface area contributed by atoms with Crippen molar-refractivity contribution in [3.63, 3.8) is 0 Å². The summed E-state index contributed by atoms with van der Waals surface area (Å²) < 4.78 is 4.46. The van der Waals surface area contributed by atoms with E-state index in [-0.39, 0.29) is 12.4 Å². The molecule has 2 rings (SSSR count). The summed E-state index contributed by atoms with van der Waals surface area (Å²) in [6.07, 6.45) is 10.9. The number of hydrogen-bond donors (Lipinski definition) is 0. The lowest BCUT2D eigenvalue weighted by Crippen LogP contribution is -3.00. The smallest absolute Gasteiger partial charge is 0.168 e. The Balaban J connectivity index is 0.00000144. The molecule has 0 bridgehead atoms. The monoisotopic (exact) mass is 249 g/mol. The van der Waals surface area contributed by atoms with Gasteiger partial charge in [-0.2, -0.15) is 0 Å². The summed E-state index contributed by atoms with van der Waals surface area (Å²) in [4.78, 5) is 0. The first-order chi connectivity index (χ1) is 7.95. The van der Waals surface area contributed by atoms with Gasteiger partial charge < -0.3 is 12.4 Å². The van der Waals surface area contributed by atoms with Crippen LogP contribution in [0.4, 0.5) is 0 Å². The molecule has 2 aromatic rings. The molecule has 17 heavy (non-hydrogen) atoms. The van der Waals surface area contributed by atoms with Gasteiger partial charge in [0.1, 0.15) is 13.1 Å². The molecule has 0 aromatic carbocycles. The molecule has 0 saturated heterocycles. The second-order valence-electron chi connectivity index (χ2n) is 3.93. The summed E-state index contributed by atoms with van der Waals surface area (Å²) in [5.74, 6) is 0. The maximum atomic E-state index is 2.23. The fraction of sp³-hybridized carbons (Fsp3) is 0.286. The number of rotatable bonds is 5. The Morgan fingerprint density at radius 3 is 1.24 bits per heavy atom. The van der Waals surface area contributed by atoms with E-state index in [1.165, 1.54) is 12.8 Å². The molecular formula is C14H18ClN2+. The van der Waals surface area contributed by atoms with Crippen LogP contribution in [0.25, 0.3) is 0 Å². The molecule has 0 radical (unpaired) electrons. The molecule has 2 aromatic heterocycles. The Morgan fingerprint density at radius 1 is 0.529 bits per heavy atom. The summed E-state index contributed by atoms with van der Waals surface area (Å²) in [7, 11) is 0. The molecule has 0 N–H and O–H groups in total. The van der Waals surface area contributed by atoms with Crippen molar-refractivity contribution in [1.82, 2.24) is 0 Å². The normalized spacial score (nSPS) is 9.65. The van der Waals surface area contributed by atoms with Crippen LogP contribution in [0.5, 0.6) is 0 Å². The number of aryl methyl sites for hydroxylation is 2. The van der Waals surface area contributed by atoms with Crippen LogP contribution in [0.3, 0.4) is 0 Å². The molecule has 0 aliphatic carbocycles. The number of hydrogen-bond acceptors (Lipinski definition) is 0. The lowest BCUT2D eigenvalue weighted by molar-refractivity contribution is -0.708. The zero-order valence-corrected chi connectivity index (χ0v) is 10.6. The molecule has 3 heteroatoms. The molecule has 0 aliphatic rings. The molecule has 0 fully saturated rings. The average molecular weight is 250 g/mol. The summed E-state index contributed by atoms with van der Waals surface area (Å²) in [6, 6.07) is 12.4. The Hall–Kier alpha value is -1.41. The van der Waals surface area contributed by atoms with Crippen molar-refractivity contribution in [3.05, 3.63) is 61.2 Å². The molecule has 2 nitrogen and oxygen atoms in total. The van der Waals surface area contributed by atoms with Gasteiger partial charge in [0.15, 0.2) is 24.8 Å². The van der Waals surface area contributed by atoms with E-state index in [0.29, 0.717) is 0 Å². The highest BCUT2D eigenvalue weighted by molar-refractivity contribution is 4.84. The first-order valence-corrected chi connectivity index (χ1v) is 5.83. The fourth-order valence-corrected chi connectivity index (χ4v) is 1.76. The van der Waals surface area contributed by atoms with E-state index in [1.54, 1.807) is 0 Å². The summed E-state index contributed by atoms with van der Waals surface area (Å²) >= 11 is 0. The second-order valence-corrected chi connectivity index (χ2v) is 3.93. The number of pyridine rings is 2. The van der Waals surface area contributed by atoms with Crippen molar-refractivity contribution in [2.75, 3.05) is 0 Å². The Bertz CT molecular complexity index is 362. The number of aromatic nitrogens is 2. The topological polar surface area (TPSA) is 7.76 Å². The minimum Gasteiger partial charge on any atom is -1.00 e. The number of nitrogens with zero attached hydrogens (tertiary/aromatic N) is 2. The SMILES string of the molecule is [Cl-].c1cc[n+](CCCC[n+]2ccccc2)cc1. The predicted octanol–water partition coefficient (Wildman–Crippen LogP) is -1.25. The van der Waals surface area contributed by atoms with Crippen LogP contribution in [0.15, 0.2) is 61.2 Å². The van der Waals surface area contributed by atoms with E-state index in [0.717, 1.165) is 13.1 Å². The Kier molecular flexibility index (Phi) is 6.26. The van der Waals surface area contributed by atoms with Crippen LogP contribution in [0, 0.1) is 0 Å². The lowest BCUT2D eigenvalue weighted by atomic mass is 10.3. The van der Waals surface area contributed by atoms with E-state index in [4.69, 9.17) is 0 Å².